The van der Waals surface area contributed by atoms with E-state index in [2.05, 4.69) is 30.9 Å². The third-order valence-corrected chi connectivity index (χ3v) is 10.8. The van der Waals surface area contributed by atoms with Crippen LogP contribution in [-0.4, -0.2) is 32.6 Å². The van der Waals surface area contributed by atoms with Gasteiger partial charge in [-0.25, -0.2) is 9.95 Å². The molecule has 5 rings (SSSR count). The number of nitrogens with one attached hydrogen (secondary N) is 1. The Bertz CT molecular complexity index is 851. The fourth-order valence-corrected chi connectivity index (χ4v) is 9.22. The Balaban J connectivity index is 1.40. The molecule has 31 heavy (non-hydrogen) atoms. The van der Waals surface area contributed by atoms with Crippen LogP contribution in [0.15, 0.2) is 9.32 Å². The highest BCUT2D eigenvalue weighted by atomic mass is 16.5. The second kappa shape index (κ2) is 7.72. The topological polar surface area (TPSA) is 99.4 Å². The molecule has 0 bridgehead atoms. The van der Waals surface area contributed by atoms with Crippen molar-refractivity contribution in [3.05, 3.63) is 16.4 Å². The van der Waals surface area contributed by atoms with Gasteiger partial charge in [0.05, 0.1) is 12.2 Å². The number of aliphatic hydroxyl groups excluding tert-OH is 2. The Morgan fingerprint density at radius 3 is 2.52 bits per heavy atom. The van der Waals surface area contributed by atoms with Crippen LogP contribution in [0.2, 0.25) is 0 Å². The summed E-state index contributed by atoms with van der Waals surface area (Å²) >= 11 is 0. The van der Waals surface area contributed by atoms with Crippen molar-refractivity contribution in [1.29, 1.82) is 0 Å². The van der Waals surface area contributed by atoms with Crippen molar-refractivity contribution in [3.8, 4) is 0 Å². The molecule has 174 valence electrons. The van der Waals surface area contributed by atoms with Crippen molar-refractivity contribution < 1.29 is 14.7 Å². The van der Waals surface area contributed by atoms with E-state index in [9.17, 15) is 15.0 Å². The largest absolute Gasteiger partial charge is 0.459 e. The van der Waals surface area contributed by atoms with Gasteiger partial charge in [0.15, 0.2) is 0 Å². The van der Waals surface area contributed by atoms with Crippen molar-refractivity contribution in [1.82, 2.24) is 10.1 Å². The minimum atomic E-state index is -0.539. The van der Waals surface area contributed by atoms with Crippen LogP contribution in [0.4, 0.5) is 0 Å². The van der Waals surface area contributed by atoms with Crippen LogP contribution in [0.3, 0.4) is 0 Å². The van der Waals surface area contributed by atoms with E-state index in [0.717, 1.165) is 38.5 Å². The zero-order chi connectivity index (χ0) is 22.0. The van der Waals surface area contributed by atoms with Crippen molar-refractivity contribution in [2.24, 2.45) is 46.3 Å². The fourth-order valence-electron chi connectivity index (χ4n) is 9.22. The highest BCUT2D eigenvalue weighted by molar-refractivity contribution is 5.13. The van der Waals surface area contributed by atoms with Crippen molar-refractivity contribution in [2.75, 3.05) is 0 Å². The molecule has 0 aliphatic heterocycles. The number of hydrogen-bond acceptors (Lipinski definition) is 5. The van der Waals surface area contributed by atoms with E-state index in [0.29, 0.717) is 41.3 Å². The molecule has 3 N–H and O–H groups in total. The van der Waals surface area contributed by atoms with Crippen LogP contribution in [0, 0.1) is 46.3 Å². The number of hydrogen-bond donors (Lipinski definition) is 3. The maximum Gasteiger partial charge on any atom is 0.459 e. The van der Waals surface area contributed by atoms with Crippen LogP contribution in [0.1, 0.15) is 84.4 Å². The number of H-pyrrole nitrogens is 1. The van der Waals surface area contributed by atoms with Crippen LogP contribution in [0.25, 0.3) is 0 Å². The second-order valence-corrected chi connectivity index (χ2v) is 11.8. The van der Waals surface area contributed by atoms with E-state index in [-0.39, 0.29) is 23.0 Å². The first-order chi connectivity index (χ1) is 14.8. The molecule has 0 aromatic carbocycles. The Hall–Kier alpha value is -1.14. The lowest BCUT2D eigenvalue weighted by molar-refractivity contribution is -0.202. The van der Waals surface area contributed by atoms with Gasteiger partial charge in [0.1, 0.15) is 5.82 Å². The summed E-state index contributed by atoms with van der Waals surface area (Å²) < 4.78 is 4.75. The third kappa shape index (κ3) is 3.26. The lowest BCUT2D eigenvalue weighted by Crippen LogP contribution is -2.62. The van der Waals surface area contributed by atoms with Gasteiger partial charge < -0.3 is 14.7 Å². The standard InChI is InChI=1S/C25H40N2O4/c1-4-16-19-13-15(28)9-11-25(19,3)18-10-12-24(2)14(5-7-17(24)21(18)22(16)29)6-8-20-26-23(30)31-27-20/h14-19,21-22,28-29H,4-13H2,1-3H3,(H,26,27,30)/t14-,15-,16-,17?,18?,19?,21?,22-,24-,25-/m1/s1. The smallest absolute Gasteiger partial charge is 0.393 e. The molecule has 4 aliphatic rings. The van der Waals surface area contributed by atoms with Gasteiger partial charge >= 0.3 is 5.76 Å². The van der Waals surface area contributed by atoms with E-state index >= 15 is 0 Å². The minimum Gasteiger partial charge on any atom is -0.393 e. The van der Waals surface area contributed by atoms with Crippen LogP contribution >= 0.6 is 0 Å². The molecule has 6 heteroatoms. The summed E-state index contributed by atoms with van der Waals surface area (Å²) in [5.74, 6) is 3.01. The van der Waals surface area contributed by atoms with Crippen LogP contribution in [-0.2, 0) is 6.42 Å². The van der Waals surface area contributed by atoms with Gasteiger partial charge in [-0.2, -0.15) is 4.98 Å². The molecular weight excluding hydrogens is 392 g/mol. The molecule has 4 saturated carbocycles. The van der Waals surface area contributed by atoms with E-state index < -0.39 is 5.76 Å². The second-order valence-electron chi connectivity index (χ2n) is 11.8. The molecule has 1 heterocycles. The summed E-state index contributed by atoms with van der Waals surface area (Å²) in [4.78, 5) is 15.2. The van der Waals surface area contributed by atoms with Crippen molar-refractivity contribution in [3.63, 3.8) is 0 Å². The van der Waals surface area contributed by atoms with Gasteiger partial charge in [0.25, 0.3) is 0 Å². The molecule has 4 fully saturated rings. The number of nitrogens with zero attached hydrogens (tertiary/aromatic N) is 1. The molecule has 6 nitrogen and oxygen atoms in total. The Morgan fingerprint density at radius 2 is 1.81 bits per heavy atom. The van der Waals surface area contributed by atoms with E-state index in [1.54, 1.807) is 0 Å². The maximum atomic E-state index is 11.7. The molecule has 4 aliphatic carbocycles. The van der Waals surface area contributed by atoms with Gasteiger partial charge in [-0.3, -0.25) is 0 Å². The molecule has 1 aromatic rings. The van der Waals surface area contributed by atoms with Crippen molar-refractivity contribution >= 4 is 0 Å². The van der Waals surface area contributed by atoms with E-state index in [1.807, 2.05) is 0 Å². The Labute approximate surface area is 185 Å². The summed E-state index contributed by atoms with van der Waals surface area (Å²) in [6, 6.07) is 0. The lowest BCUT2D eigenvalue weighted by Gasteiger charge is -2.64. The fraction of sp³-hybridized carbons (Fsp3) is 0.920. The highest BCUT2D eigenvalue weighted by Gasteiger charge is 2.64. The van der Waals surface area contributed by atoms with E-state index in [4.69, 9.17) is 4.52 Å². The number of fused-ring (bicyclic) bond motifs is 5. The van der Waals surface area contributed by atoms with Gasteiger partial charge in [0, 0.05) is 6.42 Å². The molecule has 0 saturated heterocycles. The van der Waals surface area contributed by atoms with Crippen molar-refractivity contribution in [2.45, 2.75) is 97.2 Å². The van der Waals surface area contributed by atoms with Gasteiger partial charge in [0.2, 0.25) is 0 Å². The number of aromatic amines is 1. The summed E-state index contributed by atoms with van der Waals surface area (Å²) in [6.07, 6.45) is 10.1. The normalized spacial score (nSPS) is 49.3. The summed E-state index contributed by atoms with van der Waals surface area (Å²) in [5, 5.41) is 24.8. The third-order valence-electron chi connectivity index (χ3n) is 10.8. The zero-order valence-corrected chi connectivity index (χ0v) is 19.3. The first-order valence-corrected chi connectivity index (χ1v) is 12.7. The first kappa shape index (κ1) is 21.7. The van der Waals surface area contributed by atoms with Gasteiger partial charge in [-0.1, -0.05) is 27.2 Å². The Morgan fingerprint density at radius 1 is 1.06 bits per heavy atom. The first-order valence-electron chi connectivity index (χ1n) is 12.7. The molecule has 4 unspecified atom stereocenters. The molecule has 1 aromatic heterocycles. The van der Waals surface area contributed by atoms with Crippen LogP contribution < -0.4 is 5.76 Å². The maximum absolute atomic E-state index is 11.7. The summed E-state index contributed by atoms with van der Waals surface area (Å²) in [7, 11) is 0. The van der Waals surface area contributed by atoms with Gasteiger partial charge in [-0.05, 0) is 97.7 Å². The molecule has 0 amide bonds. The number of rotatable bonds is 4. The minimum absolute atomic E-state index is 0.191. The van der Waals surface area contributed by atoms with E-state index in [1.165, 1.54) is 25.7 Å². The molecule has 0 radical (unpaired) electrons. The zero-order valence-electron chi connectivity index (χ0n) is 19.3. The Kier molecular flexibility index (Phi) is 5.40. The predicted molar refractivity (Wildman–Crippen MR) is 117 cm³/mol. The van der Waals surface area contributed by atoms with Crippen LogP contribution in [0.5, 0.6) is 0 Å². The molecule has 0 spiro atoms. The summed E-state index contributed by atoms with van der Waals surface area (Å²) in [5.41, 5.74) is 0.505. The highest BCUT2D eigenvalue weighted by Crippen LogP contribution is 2.69. The monoisotopic (exact) mass is 432 g/mol. The average molecular weight is 433 g/mol. The quantitative estimate of drug-likeness (QED) is 0.670. The predicted octanol–water partition coefficient (Wildman–Crippen LogP) is 3.92. The number of aromatic nitrogens is 2. The summed E-state index contributed by atoms with van der Waals surface area (Å²) in [6.45, 7) is 7.20. The molecule has 10 atom stereocenters. The van der Waals surface area contributed by atoms with Gasteiger partial charge in [-0.15, -0.1) is 0 Å². The SMILES string of the molecule is CC[C@@H]1C2C[C@H](O)CC[C@]2(C)C2CC[C@@]3(C)C(CC[C@@H]3CCc3nc(=O)o[nH]3)C2[C@@H]1O. The number of aryl methyl sites for hydroxylation is 1. The lowest BCUT2D eigenvalue weighted by atomic mass is 9.41. The molecular formula is C25H40N2O4. The number of aliphatic hydroxyl groups is 2. The average Bonchev–Trinajstić information content (AvgIpc) is 3.30.